The van der Waals surface area contributed by atoms with Gasteiger partial charge in [0.1, 0.15) is 23.1 Å². The van der Waals surface area contributed by atoms with E-state index < -0.39 is 18.0 Å². The molecule has 100 valence electrons. The molecule has 3 N–H and O–H groups in total. The summed E-state index contributed by atoms with van der Waals surface area (Å²) >= 11 is 1.33. The van der Waals surface area contributed by atoms with Crippen molar-refractivity contribution in [3.8, 4) is 0 Å². The zero-order chi connectivity index (χ0) is 13.7. The molecule has 0 aliphatic rings. The van der Waals surface area contributed by atoms with Crippen LogP contribution in [0, 0.1) is 6.92 Å². The minimum atomic E-state index is -1.03. The molecular weight excluding hydrogens is 258 g/mol. The number of carboxylic acid groups (broad SMARTS) is 1. The fourth-order valence-corrected chi connectivity index (χ4v) is 2.14. The first-order valence-corrected chi connectivity index (χ1v) is 6.35. The Morgan fingerprint density at radius 1 is 1.61 bits per heavy atom. The summed E-state index contributed by atoms with van der Waals surface area (Å²) in [7, 11) is 1.30. The number of carboxylic acids is 1. The largest absolute Gasteiger partial charge is 0.480 e. The molecular formula is C11H15NO5S. The second kappa shape index (κ2) is 6.46. The average Bonchev–Trinajstić information content (AvgIpc) is 2.69. The molecule has 0 aromatic carbocycles. The maximum absolute atomic E-state index is 11.3. The van der Waals surface area contributed by atoms with Crippen molar-refractivity contribution < 1.29 is 23.8 Å². The highest BCUT2D eigenvalue weighted by molar-refractivity contribution is 7.98. The number of methoxy groups -OCH3 is 1. The van der Waals surface area contributed by atoms with Gasteiger partial charge in [0, 0.05) is 5.75 Å². The Bertz CT molecular complexity index is 443. The molecule has 1 aromatic heterocycles. The smallest absolute Gasteiger partial charge is 0.341 e. The van der Waals surface area contributed by atoms with Crippen LogP contribution in [0.15, 0.2) is 10.5 Å². The van der Waals surface area contributed by atoms with Crippen LogP contribution in [0.4, 0.5) is 0 Å². The highest BCUT2D eigenvalue weighted by Crippen LogP contribution is 2.20. The number of rotatable bonds is 6. The molecule has 0 bridgehead atoms. The molecule has 0 spiro atoms. The van der Waals surface area contributed by atoms with Crippen LogP contribution >= 0.6 is 11.8 Å². The Hall–Kier alpha value is -1.47. The van der Waals surface area contributed by atoms with E-state index in [0.29, 0.717) is 22.8 Å². The lowest BCUT2D eigenvalue weighted by atomic mass is 10.2. The molecule has 6 nitrogen and oxygen atoms in total. The number of esters is 1. The van der Waals surface area contributed by atoms with Crippen molar-refractivity contribution in [2.45, 2.75) is 18.7 Å². The predicted molar refractivity (Wildman–Crippen MR) is 66.6 cm³/mol. The zero-order valence-corrected chi connectivity index (χ0v) is 11.0. The van der Waals surface area contributed by atoms with Crippen LogP contribution in [0.25, 0.3) is 0 Å². The Balaban J connectivity index is 2.54. The van der Waals surface area contributed by atoms with Gasteiger partial charge < -0.3 is 20.0 Å². The standard InChI is InChI=1S/C11H15NO5S/c1-6-8(11(15)16-2)3-7(17-6)4-18-5-9(12)10(13)14/h3,9H,4-5,12H2,1-2H3,(H,13,14). The highest BCUT2D eigenvalue weighted by Gasteiger charge is 2.16. The molecule has 1 aromatic rings. The number of hydrogen-bond donors (Lipinski definition) is 2. The van der Waals surface area contributed by atoms with Crippen LogP contribution in [-0.4, -0.2) is 35.9 Å². The van der Waals surface area contributed by atoms with E-state index in [9.17, 15) is 9.59 Å². The Morgan fingerprint density at radius 3 is 2.83 bits per heavy atom. The van der Waals surface area contributed by atoms with Gasteiger partial charge in [-0.15, -0.1) is 0 Å². The molecule has 0 fully saturated rings. The summed E-state index contributed by atoms with van der Waals surface area (Å²) in [5, 5.41) is 8.61. The Kier molecular flexibility index (Phi) is 5.24. The SMILES string of the molecule is COC(=O)c1cc(CSCC(N)C(=O)O)oc1C. The quantitative estimate of drug-likeness (QED) is 0.746. The van der Waals surface area contributed by atoms with E-state index in [1.165, 1.54) is 18.9 Å². The van der Waals surface area contributed by atoms with Crippen LogP contribution in [-0.2, 0) is 15.3 Å². The van der Waals surface area contributed by atoms with Crippen molar-refractivity contribution >= 4 is 23.7 Å². The van der Waals surface area contributed by atoms with E-state index in [2.05, 4.69) is 4.74 Å². The van der Waals surface area contributed by atoms with Crippen LogP contribution in [0.1, 0.15) is 21.9 Å². The lowest BCUT2D eigenvalue weighted by Gasteiger charge is -2.03. The number of thioether (sulfide) groups is 1. The maximum Gasteiger partial charge on any atom is 0.341 e. The predicted octanol–water partition coefficient (Wildman–Crippen LogP) is 1.02. The van der Waals surface area contributed by atoms with E-state index in [1.54, 1.807) is 13.0 Å². The fourth-order valence-electron chi connectivity index (χ4n) is 1.29. The van der Waals surface area contributed by atoms with Crippen molar-refractivity contribution in [1.82, 2.24) is 0 Å². The molecule has 0 aliphatic carbocycles. The Morgan fingerprint density at radius 2 is 2.28 bits per heavy atom. The number of hydrogen-bond acceptors (Lipinski definition) is 6. The second-order valence-electron chi connectivity index (χ2n) is 3.63. The number of nitrogens with two attached hydrogens (primary N) is 1. The van der Waals surface area contributed by atoms with Gasteiger partial charge in [-0.2, -0.15) is 11.8 Å². The molecule has 0 radical (unpaired) electrons. The number of carbonyl (C=O) groups excluding carboxylic acids is 1. The van der Waals surface area contributed by atoms with Gasteiger partial charge in [0.15, 0.2) is 0 Å². The van der Waals surface area contributed by atoms with Crippen LogP contribution in [0.2, 0.25) is 0 Å². The van der Waals surface area contributed by atoms with E-state index in [0.717, 1.165) is 0 Å². The molecule has 7 heteroatoms. The third-order valence-corrected chi connectivity index (χ3v) is 3.32. The lowest BCUT2D eigenvalue weighted by Crippen LogP contribution is -2.32. The van der Waals surface area contributed by atoms with Gasteiger partial charge >= 0.3 is 11.9 Å². The lowest BCUT2D eigenvalue weighted by molar-refractivity contribution is -0.137. The summed E-state index contributed by atoms with van der Waals surface area (Å²) in [5.74, 6) is 0.333. The van der Waals surface area contributed by atoms with E-state index in [1.807, 2.05) is 0 Å². The molecule has 0 saturated heterocycles. The molecule has 1 rings (SSSR count). The van der Waals surface area contributed by atoms with Gasteiger partial charge in [-0.3, -0.25) is 4.79 Å². The first-order valence-electron chi connectivity index (χ1n) is 5.19. The van der Waals surface area contributed by atoms with Crippen molar-refractivity contribution in [3.05, 3.63) is 23.2 Å². The summed E-state index contributed by atoms with van der Waals surface area (Å²) < 4.78 is 9.97. The summed E-state index contributed by atoms with van der Waals surface area (Å²) in [4.78, 5) is 21.8. The maximum atomic E-state index is 11.3. The van der Waals surface area contributed by atoms with Gasteiger partial charge in [-0.25, -0.2) is 4.79 Å². The second-order valence-corrected chi connectivity index (χ2v) is 4.66. The summed E-state index contributed by atoms with van der Waals surface area (Å²) in [5.41, 5.74) is 5.75. The fraction of sp³-hybridized carbons (Fsp3) is 0.455. The van der Waals surface area contributed by atoms with E-state index in [-0.39, 0.29) is 5.75 Å². The third-order valence-electron chi connectivity index (χ3n) is 2.23. The van der Waals surface area contributed by atoms with Gasteiger partial charge in [-0.1, -0.05) is 0 Å². The van der Waals surface area contributed by atoms with Crippen molar-refractivity contribution in [2.75, 3.05) is 12.9 Å². The molecule has 1 heterocycles. The number of furan rings is 1. The first-order chi connectivity index (χ1) is 8.45. The minimum Gasteiger partial charge on any atom is -0.480 e. The van der Waals surface area contributed by atoms with Crippen molar-refractivity contribution in [1.29, 1.82) is 0 Å². The summed E-state index contributed by atoms with van der Waals surface area (Å²) in [6.07, 6.45) is 0. The van der Waals surface area contributed by atoms with Gasteiger partial charge in [0.2, 0.25) is 0 Å². The molecule has 0 saturated carbocycles. The minimum absolute atomic E-state index is 0.280. The molecule has 0 amide bonds. The molecule has 0 aliphatic heterocycles. The number of aryl methyl sites for hydroxylation is 1. The molecule has 1 atom stereocenters. The molecule has 1 unspecified atom stereocenters. The first kappa shape index (κ1) is 14.6. The number of aliphatic carboxylic acids is 1. The van der Waals surface area contributed by atoms with Gasteiger partial charge in [-0.05, 0) is 13.0 Å². The number of ether oxygens (including phenoxy) is 1. The summed E-state index contributed by atoms with van der Waals surface area (Å²) in [6, 6.07) is 0.701. The van der Waals surface area contributed by atoms with E-state index >= 15 is 0 Å². The van der Waals surface area contributed by atoms with Gasteiger partial charge in [0.05, 0.1) is 12.9 Å². The Labute approximate surface area is 108 Å². The highest BCUT2D eigenvalue weighted by atomic mass is 32.2. The average molecular weight is 273 g/mol. The van der Waals surface area contributed by atoms with Crippen molar-refractivity contribution in [2.24, 2.45) is 5.73 Å². The van der Waals surface area contributed by atoms with Crippen LogP contribution in [0.5, 0.6) is 0 Å². The molecule has 18 heavy (non-hydrogen) atoms. The van der Waals surface area contributed by atoms with Crippen LogP contribution in [0.3, 0.4) is 0 Å². The number of carbonyl (C=O) groups is 2. The van der Waals surface area contributed by atoms with Crippen LogP contribution < -0.4 is 5.73 Å². The topological polar surface area (TPSA) is 103 Å². The monoisotopic (exact) mass is 273 g/mol. The normalized spacial score (nSPS) is 12.2. The summed E-state index contributed by atoms with van der Waals surface area (Å²) in [6.45, 7) is 1.67. The van der Waals surface area contributed by atoms with E-state index in [4.69, 9.17) is 15.3 Å². The zero-order valence-electron chi connectivity index (χ0n) is 10.1. The van der Waals surface area contributed by atoms with Gasteiger partial charge in [0.25, 0.3) is 0 Å². The third kappa shape index (κ3) is 3.78. The van der Waals surface area contributed by atoms with Crippen molar-refractivity contribution in [3.63, 3.8) is 0 Å².